The third kappa shape index (κ3) is 2.05. The number of nitrogens with two attached hydrogens (primary N) is 1. The summed E-state index contributed by atoms with van der Waals surface area (Å²) in [6.45, 7) is 0. The SMILES string of the molecule is NC(Cc1c[n-]cn1)C(=O)[O-]. The summed E-state index contributed by atoms with van der Waals surface area (Å²) < 4.78 is 0. The molecule has 0 spiro atoms. The first-order valence-corrected chi connectivity index (χ1v) is 3.08. The summed E-state index contributed by atoms with van der Waals surface area (Å²) in [6.07, 6.45) is 2.99. The molecule has 0 aliphatic carbocycles. The van der Waals surface area contributed by atoms with Crippen LogP contribution < -0.4 is 15.8 Å². The van der Waals surface area contributed by atoms with Gasteiger partial charge in [-0.25, -0.2) is 0 Å². The van der Waals surface area contributed by atoms with Gasteiger partial charge in [-0.1, -0.05) is 18.2 Å². The number of imidazole rings is 1. The Morgan fingerprint density at radius 3 is 3.09 bits per heavy atom. The second-order valence-corrected chi connectivity index (χ2v) is 2.14. The maximum Gasteiger partial charge on any atom is 0.0585 e. The molecule has 1 aromatic heterocycles. The monoisotopic (exact) mass is 153 g/mol. The van der Waals surface area contributed by atoms with E-state index in [9.17, 15) is 9.90 Å². The van der Waals surface area contributed by atoms with Gasteiger partial charge in [-0.15, -0.1) is 0 Å². The molecule has 0 bridgehead atoms. The van der Waals surface area contributed by atoms with Crippen LogP contribution in [0.5, 0.6) is 0 Å². The fourth-order valence-corrected chi connectivity index (χ4v) is 0.674. The number of carbonyl (C=O) groups is 1. The van der Waals surface area contributed by atoms with Gasteiger partial charge in [0.2, 0.25) is 0 Å². The molecule has 0 aliphatic heterocycles. The number of nitrogens with zero attached hydrogens (tertiary/aromatic N) is 2. The van der Waals surface area contributed by atoms with Crippen LogP contribution in [0, 0.1) is 0 Å². The van der Waals surface area contributed by atoms with E-state index in [1.807, 2.05) is 0 Å². The van der Waals surface area contributed by atoms with Gasteiger partial charge in [0.05, 0.1) is 5.97 Å². The lowest BCUT2D eigenvalue weighted by molar-refractivity contribution is -0.307. The van der Waals surface area contributed by atoms with Crippen LogP contribution in [0.2, 0.25) is 0 Å². The van der Waals surface area contributed by atoms with Crippen molar-refractivity contribution in [1.29, 1.82) is 0 Å². The van der Waals surface area contributed by atoms with Gasteiger partial charge in [-0.05, 0) is 6.42 Å². The minimum atomic E-state index is -1.27. The van der Waals surface area contributed by atoms with E-state index in [-0.39, 0.29) is 6.42 Å². The van der Waals surface area contributed by atoms with E-state index in [0.717, 1.165) is 0 Å². The highest BCUT2D eigenvalue weighted by Gasteiger charge is 2.01. The molecule has 0 amide bonds. The molecule has 1 atom stereocenters. The third-order valence-electron chi connectivity index (χ3n) is 1.25. The zero-order valence-electron chi connectivity index (χ0n) is 5.73. The summed E-state index contributed by atoms with van der Waals surface area (Å²) in [6, 6.07) is -0.994. The molecule has 0 saturated heterocycles. The van der Waals surface area contributed by atoms with E-state index in [4.69, 9.17) is 5.73 Å². The number of aromatic nitrogens is 2. The molecule has 11 heavy (non-hydrogen) atoms. The lowest BCUT2D eigenvalue weighted by Gasteiger charge is -2.11. The van der Waals surface area contributed by atoms with Gasteiger partial charge in [-0.2, -0.15) is 0 Å². The fraction of sp³-hybridized carbons (Fsp3) is 0.333. The predicted molar refractivity (Wildman–Crippen MR) is 34.2 cm³/mol. The van der Waals surface area contributed by atoms with Crippen molar-refractivity contribution in [2.45, 2.75) is 12.5 Å². The van der Waals surface area contributed by atoms with Gasteiger partial charge < -0.3 is 25.6 Å². The van der Waals surface area contributed by atoms with E-state index in [1.54, 1.807) is 0 Å². The van der Waals surface area contributed by atoms with Crippen molar-refractivity contribution in [3.8, 4) is 0 Å². The molecular weight excluding hydrogens is 146 g/mol. The van der Waals surface area contributed by atoms with Crippen LogP contribution >= 0.6 is 0 Å². The van der Waals surface area contributed by atoms with Crippen LogP contribution in [0.1, 0.15) is 5.69 Å². The number of carboxylic acids is 1. The summed E-state index contributed by atoms with van der Waals surface area (Å²) in [5.41, 5.74) is 5.75. The summed E-state index contributed by atoms with van der Waals surface area (Å²) >= 11 is 0. The number of rotatable bonds is 3. The van der Waals surface area contributed by atoms with Crippen molar-refractivity contribution < 1.29 is 9.90 Å². The van der Waals surface area contributed by atoms with Crippen molar-refractivity contribution in [1.82, 2.24) is 9.97 Å². The van der Waals surface area contributed by atoms with Crippen molar-refractivity contribution >= 4 is 5.97 Å². The van der Waals surface area contributed by atoms with Crippen LogP contribution in [-0.4, -0.2) is 17.0 Å². The quantitative estimate of drug-likeness (QED) is 0.525. The molecule has 1 aromatic rings. The second-order valence-electron chi connectivity index (χ2n) is 2.14. The Morgan fingerprint density at radius 2 is 2.64 bits per heavy atom. The standard InChI is InChI=1S/C6H9N3O2/c7-5(6(10)11)1-4-2-8-3-9-4/h2-3,5H,1,7H2,(H2,8,9,10,11)/p-2. The summed E-state index contributed by atoms with van der Waals surface area (Å²) in [5.74, 6) is -1.27. The Hall–Kier alpha value is -1.36. The molecule has 1 heterocycles. The molecule has 1 unspecified atom stereocenters. The van der Waals surface area contributed by atoms with Gasteiger partial charge in [0.1, 0.15) is 0 Å². The summed E-state index contributed by atoms with van der Waals surface area (Å²) in [7, 11) is 0. The maximum absolute atomic E-state index is 10.1. The number of aliphatic carboxylic acids is 1. The molecule has 5 nitrogen and oxygen atoms in total. The van der Waals surface area contributed by atoms with Crippen LogP contribution in [0.3, 0.4) is 0 Å². The van der Waals surface area contributed by atoms with Crippen LogP contribution in [-0.2, 0) is 11.2 Å². The van der Waals surface area contributed by atoms with Crippen LogP contribution in [0.4, 0.5) is 0 Å². The van der Waals surface area contributed by atoms with Gasteiger partial charge in [0, 0.05) is 6.04 Å². The first kappa shape index (κ1) is 7.74. The Balaban J connectivity index is 2.50. The highest BCUT2D eigenvalue weighted by atomic mass is 16.4. The number of carboxylic acid groups (broad SMARTS) is 1. The van der Waals surface area contributed by atoms with Gasteiger partial charge in [0.15, 0.2) is 0 Å². The molecule has 5 heteroatoms. The lowest BCUT2D eigenvalue weighted by atomic mass is 10.2. The maximum atomic E-state index is 10.1. The number of hydrogen-bond acceptors (Lipinski definition) is 4. The average Bonchev–Trinajstić information content (AvgIpc) is 2.39. The second kappa shape index (κ2) is 3.16. The largest absolute Gasteiger partial charge is 0.548 e. The lowest BCUT2D eigenvalue weighted by Crippen LogP contribution is -2.43. The first-order valence-electron chi connectivity index (χ1n) is 3.08. The minimum absolute atomic E-state index is 0.169. The molecule has 2 N–H and O–H groups in total. The molecule has 0 aromatic carbocycles. The zero-order valence-corrected chi connectivity index (χ0v) is 5.73. The van der Waals surface area contributed by atoms with E-state index in [2.05, 4.69) is 9.97 Å². The van der Waals surface area contributed by atoms with Crippen molar-refractivity contribution in [2.75, 3.05) is 0 Å². The molecule has 0 fully saturated rings. The molecule has 1 rings (SSSR count). The first-order chi connectivity index (χ1) is 5.20. The fourth-order valence-electron chi connectivity index (χ4n) is 0.674. The van der Waals surface area contributed by atoms with E-state index >= 15 is 0 Å². The van der Waals surface area contributed by atoms with Gasteiger partial charge in [-0.3, -0.25) is 0 Å². The van der Waals surface area contributed by atoms with Crippen LogP contribution in [0.25, 0.3) is 0 Å². The Labute approximate surface area is 63.3 Å². The van der Waals surface area contributed by atoms with E-state index in [1.165, 1.54) is 12.5 Å². The normalized spacial score (nSPS) is 12.8. The Kier molecular flexibility index (Phi) is 2.22. The molecule has 0 saturated carbocycles. The van der Waals surface area contributed by atoms with Crippen LogP contribution in [0.15, 0.2) is 12.5 Å². The smallest absolute Gasteiger partial charge is 0.0585 e. The minimum Gasteiger partial charge on any atom is -0.548 e. The summed E-state index contributed by atoms with van der Waals surface area (Å²) in [4.78, 5) is 17.6. The predicted octanol–water partition coefficient (Wildman–Crippen LogP) is -2.34. The molecule has 0 aliphatic rings. The third-order valence-corrected chi connectivity index (χ3v) is 1.25. The topological polar surface area (TPSA) is 93.1 Å². The Morgan fingerprint density at radius 1 is 1.91 bits per heavy atom. The van der Waals surface area contributed by atoms with Crippen molar-refractivity contribution in [3.63, 3.8) is 0 Å². The van der Waals surface area contributed by atoms with E-state index in [0.29, 0.717) is 5.69 Å². The van der Waals surface area contributed by atoms with Gasteiger partial charge in [0.25, 0.3) is 0 Å². The number of hydrogen-bond donors (Lipinski definition) is 1. The molecule has 0 radical (unpaired) electrons. The van der Waals surface area contributed by atoms with E-state index < -0.39 is 12.0 Å². The van der Waals surface area contributed by atoms with Gasteiger partial charge >= 0.3 is 0 Å². The summed E-state index contributed by atoms with van der Waals surface area (Å²) in [5, 5.41) is 10.1. The van der Waals surface area contributed by atoms with Crippen molar-refractivity contribution in [2.24, 2.45) is 5.73 Å². The Bertz CT molecular complexity index is 232. The molecular formula is C6H7N3O2-2. The average molecular weight is 153 g/mol. The highest BCUT2D eigenvalue weighted by Crippen LogP contribution is 1.93. The van der Waals surface area contributed by atoms with Crippen molar-refractivity contribution in [3.05, 3.63) is 18.2 Å². The number of carbonyl (C=O) groups excluding carboxylic acids is 1. The molecule has 60 valence electrons. The zero-order chi connectivity index (χ0) is 8.27. The highest BCUT2D eigenvalue weighted by molar-refractivity contribution is 5.71.